The summed E-state index contributed by atoms with van der Waals surface area (Å²) in [6.07, 6.45) is 4.41. The maximum atomic E-state index is 10.5. The summed E-state index contributed by atoms with van der Waals surface area (Å²) in [6.45, 7) is 5.90. The molecule has 1 aliphatic rings. The first-order valence-electron chi connectivity index (χ1n) is 7.23. The molecule has 0 atom stereocenters. The molecular formula is C16H24N2O. The minimum absolute atomic E-state index is 0.593. The standard InChI is InChI=1S/C16H24N2O/c1-14-4-2-3-5-15(14)6-9-17-16-7-10-18(11-8-16)12-13-19/h2-5,13,16-17H,6-12H2,1H3. The van der Waals surface area contributed by atoms with Crippen molar-refractivity contribution in [2.75, 3.05) is 26.2 Å². The van der Waals surface area contributed by atoms with E-state index in [1.165, 1.54) is 11.1 Å². The molecule has 0 radical (unpaired) electrons. The van der Waals surface area contributed by atoms with Crippen LogP contribution in [0.4, 0.5) is 0 Å². The van der Waals surface area contributed by atoms with Crippen molar-refractivity contribution in [2.45, 2.75) is 32.2 Å². The second-order valence-corrected chi connectivity index (χ2v) is 5.37. The summed E-state index contributed by atoms with van der Waals surface area (Å²) in [4.78, 5) is 12.7. The molecule has 1 fully saturated rings. The number of aldehydes is 1. The van der Waals surface area contributed by atoms with Crippen molar-refractivity contribution in [3.63, 3.8) is 0 Å². The molecule has 1 aromatic carbocycles. The average Bonchev–Trinajstić information content (AvgIpc) is 2.43. The number of nitrogens with zero attached hydrogens (tertiary/aromatic N) is 1. The molecule has 2 rings (SSSR count). The zero-order valence-corrected chi connectivity index (χ0v) is 11.8. The highest BCUT2D eigenvalue weighted by molar-refractivity contribution is 5.51. The number of benzene rings is 1. The number of nitrogens with one attached hydrogen (secondary N) is 1. The fraction of sp³-hybridized carbons (Fsp3) is 0.562. The molecule has 1 aromatic rings. The third-order valence-corrected chi connectivity index (χ3v) is 4.01. The van der Waals surface area contributed by atoms with Gasteiger partial charge in [-0.25, -0.2) is 0 Å². The third kappa shape index (κ3) is 4.44. The normalized spacial score (nSPS) is 17.5. The minimum Gasteiger partial charge on any atom is -0.314 e. The summed E-state index contributed by atoms with van der Waals surface area (Å²) >= 11 is 0. The Morgan fingerprint density at radius 2 is 2.05 bits per heavy atom. The molecule has 3 nitrogen and oxygen atoms in total. The molecule has 0 amide bonds. The van der Waals surface area contributed by atoms with Crippen molar-refractivity contribution >= 4 is 6.29 Å². The minimum atomic E-state index is 0.593. The van der Waals surface area contributed by atoms with E-state index in [0.717, 1.165) is 45.2 Å². The summed E-state index contributed by atoms with van der Waals surface area (Å²) in [5, 5.41) is 3.64. The zero-order valence-electron chi connectivity index (χ0n) is 11.8. The van der Waals surface area contributed by atoms with Gasteiger partial charge in [0.1, 0.15) is 6.29 Å². The topological polar surface area (TPSA) is 32.3 Å². The molecule has 0 unspecified atom stereocenters. The van der Waals surface area contributed by atoms with Gasteiger partial charge in [-0.2, -0.15) is 0 Å². The summed E-state index contributed by atoms with van der Waals surface area (Å²) < 4.78 is 0. The van der Waals surface area contributed by atoms with Gasteiger partial charge in [0.05, 0.1) is 6.54 Å². The molecule has 0 bridgehead atoms. The van der Waals surface area contributed by atoms with Gasteiger partial charge in [-0.05, 0) is 43.9 Å². The highest BCUT2D eigenvalue weighted by atomic mass is 16.1. The van der Waals surface area contributed by atoms with Crippen molar-refractivity contribution in [3.05, 3.63) is 35.4 Å². The number of carbonyl (C=O) groups is 1. The van der Waals surface area contributed by atoms with Crippen LogP contribution in [0.2, 0.25) is 0 Å². The number of hydrogen-bond donors (Lipinski definition) is 1. The van der Waals surface area contributed by atoms with Gasteiger partial charge >= 0.3 is 0 Å². The number of likely N-dealkylation sites (tertiary alicyclic amines) is 1. The molecule has 104 valence electrons. The summed E-state index contributed by atoms with van der Waals surface area (Å²) in [7, 11) is 0. The Morgan fingerprint density at radius 3 is 2.74 bits per heavy atom. The molecule has 1 N–H and O–H groups in total. The number of rotatable bonds is 6. The summed E-state index contributed by atoms with van der Waals surface area (Å²) in [5.74, 6) is 0. The van der Waals surface area contributed by atoms with Gasteiger partial charge in [-0.3, -0.25) is 4.90 Å². The van der Waals surface area contributed by atoms with Crippen LogP contribution in [0.5, 0.6) is 0 Å². The van der Waals surface area contributed by atoms with Crippen molar-refractivity contribution in [1.29, 1.82) is 0 Å². The molecule has 1 saturated heterocycles. The molecule has 1 heterocycles. The lowest BCUT2D eigenvalue weighted by Crippen LogP contribution is -2.43. The first-order chi connectivity index (χ1) is 9.29. The van der Waals surface area contributed by atoms with Gasteiger partial charge in [-0.1, -0.05) is 24.3 Å². The molecule has 1 aliphatic heterocycles. The van der Waals surface area contributed by atoms with Crippen LogP contribution in [0.1, 0.15) is 24.0 Å². The first-order valence-corrected chi connectivity index (χ1v) is 7.23. The summed E-state index contributed by atoms with van der Waals surface area (Å²) in [5.41, 5.74) is 2.82. The van der Waals surface area contributed by atoms with Crippen LogP contribution in [0.15, 0.2) is 24.3 Å². The third-order valence-electron chi connectivity index (χ3n) is 4.01. The maximum absolute atomic E-state index is 10.5. The fourth-order valence-corrected chi connectivity index (χ4v) is 2.73. The molecule has 0 aliphatic carbocycles. The molecule has 19 heavy (non-hydrogen) atoms. The zero-order chi connectivity index (χ0) is 13.5. The van der Waals surface area contributed by atoms with Gasteiger partial charge in [0, 0.05) is 19.1 Å². The number of carbonyl (C=O) groups excluding carboxylic acids is 1. The molecule has 0 saturated carbocycles. The molecular weight excluding hydrogens is 236 g/mol. The first kappa shape index (κ1) is 14.2. The Bertz CT molecular complexity index is 397. The quantitative estimate of drug-likeness (QED) is 0.792. The average molecular weight is 260 g/mol. The lowest BCUT2D eigenvalue weighted by Gasteiger charge is -2.31. The molecule has 3 heteroatoms. The molecule has 0 spiro atoms. The van der Waals surface area contributed by atoms with Crippen molar-refractivity contribution in [3.8, 4) is 0 Å². The van der Waals surface area contributed by atoms with Gasteiger partial charge < -0.3 is 10.1 Å². The van der Waals surface area contributed by atoms with Crippen molar-refractivity contribution in [2.24, 2.45) is 0 Å². The second-order valence-electron chi connectivity index (χ2n) is 5.37. The molecule has 0 aromatic heterocycles. The van der Waals surface area contributed by atoms with E-state index in [9.17, 15) is 4.79 Å². The largest absolute Gasteiger partial charge is 0.314 e. The van der Waals surface area contributed by atoms with E-state index in [4.69, 9.17) is 0 Å². The van der Waals surface area contributed by atoms with Crippen LogP contribution in [0.3, 0.4) is 0 Å². The lowest BCUT2D eigenvalue weighted by atomic mass is 10.0. The summed E-state index contributed by atoms with van der Waals surface area (Å²) in [6, 6.07) is 9.21. The van der Waals surface area contributed by atoms with E-state index in [0.29, 0.717) is 12.6 Å². The van der Waals surface area contributed by atoms with Gasteiger partial charge in [-0.15, -0.1) is 0 Å². The Balaban J connectivity index is 1.67. The SMILES string of the molecule is Cc1ccccc1CCNC1CCN(CC=O)CC1. The maximum Gasteiger partial charge on any atom is 0.133 e. The predicted molar refractivity (Wildman–Crippen MR) is 78.4 cm³/mol. The van der Waals surface area contributed by atoms with E-state index in [-0.39, 0.29) is 0 Å². The van der Waals surface area contributed by atoms with Gasteiger partial charge in [0.2, 0.25) is 0 Å². The van der Waals surface area contributed by atoms with Gasteiger partial charge in [0.25, 0.3) is 0 Å². The van der Waals surface area contributed by atoms with Crippen LogP contribution >= 0.6 is 0 Å². The highest BCUT2D eigenvalue weighted by Crippen LogP contribution is 2.10. The van der Waals surface area contributed by atoms with Crippen LogP contribution in [-0.4, -0.2) is 43.4 Å². The van der Waals surface area contributed by atoms with E-state index in [1.807, 2.05) is 0 Å². The Morgan fingerprint density at radius 1 is 1.32 bits per heavy atom. The van der Waals surface area contributed by atoms with E-state index < -0.39 is 0 Å². The Hall–Kier alpha value is -1.19. The van der Waals surface area contributed by atoms with Crippen LogP contribution in [-0.2, 0) is 11.2 Å². The number of piperidine rings is 1. The van der Waals surface area contributed by atoms with Gasteiger partial charge in [0.15, 0.2) is 0 Å². The lowest BCUT2D eigenvalue weighted by molar-refractivity contribution is -0.109. The van der Waals surface area contributed by atoms with Crippen LogP contribution in [0.25, 0.3) is 0 Å². The number of hydrogen-bond acceptors (Lipinski definition) is 3. The van der Waals surface area contributed by atoms with Crippen LogP contribution < -0.4 is 5.32 Å². The smallest absolute Gasteiger partial charge is 0.133 e. The van der Waals surface area contributed by atoms with E-state index in [1.54, 1.807) is 0 Å². The number of aryl methyl sites for hydroxylation is 1. The fourth-order valence-electron chi connectivity index (χ4n) is 2.73. The monoisotopic (exact) mass is 260 g/mol. The predicted octanol–water partition coefficient (Wildman–Crippen LogP) is 1.79. The second kappa shape index (κ2) is 7.41. The Kier molecular flexibility index (Phi) is 5.55. The Labute approximate surface area is 116 Å². The van der Waals surface area contributed by atoms with E-state index in [2.05, 4.69) is 41.4 Å². The van der Waals surface area contributed by atoms with Crippen molar-refractivity contribution < 1.29 is 4.79 Å². The van der Waals surface area contributed by atoms with Crippen LogP contribution in [0, 0.1) is 6.92 Å². The van der Waals surface area contributed by atoms with E-state index >= 15 is 0 Å². The highest BCUT2D eigenvalue weighted by Gasteiger charge is 2.17. The van der Waals surface area contributed by atoms with Crippen molar-refractivity contribution in [1.82, 2.24) is 10.2 Å².